The molecule has 0 aliphatic heterocycles. The Kier molecular flexibility index (Phi) is 4.96. The lowest BCUT2D eigenvalue weighted by Crippen LogP contribution is -2.41. The lowest BCUT2D eigenvalue weighted by Gasteiger charge is -2.37. The highest BCUT2D eigenvalue weighted by atomic mass is 16.5. The highest BCUT2D eigenvalue weighted by molar-refractivity contribution is 5.82. The van der Waals surface area contributed by atoms with E-state index in [4.69, 9.17) is 4.74 Å². The van der Waals surface area contributed by atoms with E-state index in [1.165, 1.54) is 10.9 Å². The van der Waals surface area contributed by atoms with Crippen LogP contribution in [0.25, 0.3) is 10.9 Å². The molecular weight excluding hydrogens is 260 g/mol. The molecule has 1 aromatic carbocycles. The first-order valence-corrected chi connectivity index (χ1v) is 7.61. The first kappa shape index (κ1) is 15.9. The van der Waals surface area contributed by atoms with Crippen molar-refractivity contribution >= 4 is 10.9 Å². The number of rotatable bonds is 5. The number of para-hydroxylation sites is 1. The number of benzene rings is 1. The average molecular weight is 286 g/mol. The molecule has 1 heterocycles. The van der Waals surface area contributed by atoms with Gasteiger partial charge in [0.15, 0.2) is 0 Å². The summed E-state index contributed by atoms with van der Waals surface area (Å²) in [5, 5.41) is 4.60. The summed E-state index contributed by atoms with van der Waals surface area (Å²) < 4.78 is 6.07. The van der Waals surface area contributed by atoms with Crippen LogP contribution in [0.4, 0.5) is 0 Å². The molecule has 3 nitrogen and oxygen atoms in total. The van der Waals surface area contributed by atoms with E-state index in [0.717, 1.165) is 5.52 Å². The predicted molar refractivity (Wildman–Crippen MR) is 88.4 cm³/mol. The normalized spacial score (nSPS) is 15.1. The van der Waals surface area contributed by atoms with E-state index in [1.807, 2.05) is 26.2 Å². The van der Waals surface area contributed by atoms with Crippen molar-refractivity contribution in [2.45, 2.75) is 39.8 Å². The topological polar surface area (TPSA) is 34.1 Å². The Morgan fingerprint density at radius 1 is 1.19 bits per heavy atom. The molecule has 1 N–H and O–H groups in total. The Bertz CT molecular complexity index is 584. The quantitative estimate of drug-likeness (QED) is 0.903. The van der Waals surface area contributed by atoms with Crippen molar-refractivity contribution in [3.05, 3.63) is 42.1 Å². The summed E-state index contributed by atoms with van der Waals surface area (Å²) in [6, 6.07) is 10.5. The van der Waals surface area contributed by atoms with Gasteiger partial charge in [0.2, 0.25) is 0 Å². The van der Waals surface area contributed by atoms with E-state index in [-0.39, 0.29) is 17.6 Å². The second kappa shape index (κ2) is 6.54. The zero-order valence-corrected chi connectivity index (χ0v) is 13.7. The maximum Gasteiger partial charge on any atom is 0.0818 e. The van der Waals surface area contributed by atoms with E-state index in [1.54, 1.807) is 0 Å². The Morgan fingerprint density at radius 2 is 1.90 bits per heavy atom. The maximum absolute atomic E-state index is 6.07. The number of hydrogen-bond acceptors (Lipinski definition) is 3. The molecule has 0 amide bonds. The summed E-state index contributed by atoms with van der Waals surface area (Å²) in [5.74, 6) is 0. The molecule has 0 spiro atoms. The fourth-order valence-electron chi connectivity index (χ4n) is 2.87. The monoisotopic (exact) mass is 286 g/mol. The molecule has 2 atom stereocenters. The summed E-state index contributed by atoms with van der Waals surface area (Å²) in [4.78, 5) is 4.58. The molecule has 0 saturated heterocycles. The molecule has 114 valence electrons. The largest absolute Gasteiger partial charge is 0.376 e. The third-order valence-corrected chi connectivity index (χ3v) is 3.81. The molecule has 0 fully saturated rings. The Hall–Kier alpha value is -1.45. The SMILES string of the molecule is CCOC(C(NC)c1cccc2cccnc12)C(C)(C)C. The van der Waals surface area contributed by atoms with E-state index < -0.39 is 0 Å². The summed E-state index contributed by atoms with van der Waals surface area (Å²) >= 11 is 0. The molecule has 0 saturated carbocycles. The minimum atomic E-state index is 0.0423. The molecule has 21 heavy (non-hydrogen) atoms. The second-order valence-corrected chi connectivity index (χ2v) is 6.43. The van der Waals surface area contributed by atoms with E-state index in [2.05, 4.69) is 55.3 Å². The zero-order chi connectivity index (χ0) is 15.5. The van der Waals surface area contributed by atoms with Crippen molar-refractivity contribution < 1.29 is 4.74 Å². The summed E-state index contributed by atoms with van der Waals surface area (Å²) in [6.45, 7) is 9.41. The van der Waals surface area contributed by atoms with E-state index >= 15 is 0 Å². The van der Waals surface area contributed by atoms with Gasteiger partial charge in [0.25, 0.3) is 0 Å². The van der Waals surface area contributed by atoms with Gasteiger partial charge in [-0.05, 0) is 31.0 Å². The molecule has 2 rings (SSSR count). The average Bonchev–Trinajstić information content (AvgIpc) is 2.46. The summed E-state index contributed by atoms with van der Waals surface area (Å²) in [7, 11) is 1.99. The minimum absolute atomic E-state index is 0.0423. The Morgan fingerprint density at radius 3 is 2.52 bits per heavy atom. The van der Waals surface area contributed by atoms with E-state index in [0.29, 0.717) is 6.61 Å². The van der Waals surface area contributed by atoms with Crippen molar-refractivity contribution in [1.82, 2.24) is 10.3 Å². The molecular formula is C18H26N2O. The van der Waals surface area contributed by atoms with Crippen LogP contribution in [0.2, 0.25) is 0 Å². The molecule has 2 unspecified atom stereocenters. The number of pyridine rings is 1. The predicted octanol–water partition coefficient (Wildman–Crippen LogP) is 3.95. The number of hydrogen-bond donors (Lipinski definition) is 1. The smallest absolute Gasteiger partial charge is 0.0818 e. The van der Waals surface area contributed by atoms with Crippen LogP contribution in [0.3, 0.4) is 0 Å². The highest BCUT2D eigenvalue weighted by Crippen LogP contribution is 2.35. The number of nitrogens with one attached hydrogen (secondary N) is 1. The van der Waals surface area contributed by atoms with Gasteiger partial charge >= 0.3 is 0 Å². The van der Waals surface area contributed by atoms with Crippen molar-refractivity contribution in [3.63, 3.8) is 0 Å². The molecule has 0 bridgehead atoms. The van der Waals surface area contributed by atoms with Gasteiger partial charge in [-0.1, -0.05) is 45.0 Å². The number of fused-ring (bicyclic) bond motifs is 1. The third kappa shape index (κ3) is 3.42. The van der Waals surface area contributed by atoms with Gasteiger partial charge in [0.1, 0.15) is 0 Å². The molecule has 0 radical (unpaired) electrons. The van der Waals surface area contributed by atoms with Crippen molar-refractivity contribution in [2.24, 2.45) is 5.41 Å². The van der Waals surface area contributed by atoms with Crippen molar-refractivity contribution in [3.8, 4) is 0 Å². The minimum Gasteiger partial charge on any atom is -0.376 e. The van der Waals surface area contributed by atoms with Gasteiger partial charge < -0.3 is 10.1 Å². The molecule has 0 aliphatic carbocycles. The fraction of sp³-hybridized carbons (Fsp3) is 0.500. The van der Waals surface area contributed by atoms with Gasteiger partial charge in [0.05, 0.1) is 17.7 Å². The second-order valence-electron chi connectivity index (χ2n) is 6.43. The lowest BCUT2D eigenvalue weighted by molar-refractivity contribution is -0.0348. The number of aromatic nitrogens is 1. The Balaban J connectivity index is 2.52. The van der Waals surface area contributed by atoms with Crippen LogP contribution in [0.5, 0.6) is 0 Å². The number of likely N-dealkylation sites (N-methyl/N-ethyl adjacent to an activating group) is 1. The molecule has 1 aromatic heterocycles. The standard InChI is InChI=1S/C18H26N2O/c1-6-21-17(18(2,3)4)16(19-5)14-11-7-9-13-10-8-12-20-15(13)14/h7-12,16-17,19H,6H2,1-5H3. The third-order valence-electron chi connectivity index (χ3n) is 3.81. The first-order valence-electron chi connectivity index (χ1n) is 7.61. The van der Waals surface area contributed by atoms with Crippen molar-refractivity contribution in [2.75, 3.05) is 13.7 Å². The van der Waals surface area contributed by atoms with Gasteiger partial charge in [0, 0.05) is 18.2 Å². The van der Waals surface area contributed by atoms with Crippen LogP contribution in [-0.2, 0) is 4.74 Å². The molecule has 0 aliphatic rings. The van der Waals surface area contributed by atoms with Crippen LogP contribution in [0.15, 0.2) is 36.5 Å². The maximum atomic E-state index is 6.07. The lowest BCUT2D eigenvalue weighted by atomic mass is 9.81. The summed E-state index contributed by atoms with van der Waals surface area (Å²) in [6.07, 6.45) is 1.94. The van der Waals surface area contributed by atoms with Gasteiger partial charge in [-0.2, -0.15) is 0 Å². The van der Waals surface area contributed by atoms with Gasteiger partial charge in [-0.15, -0.1) is 0 Å². The highest BCUT2D eigenvalue weighted by Gasteiger charge is 2.34. The van der Waals surface area contributed by atoms with Crippen LogP contribution in [0.1, 0.15) is 39.3 Å². The van der Waals surface area contributed by atoms with E-state index in [9.17, 15) is 0 Å². The summed E-state index contributed by atoms with van der Waals surface area (Å²) in [5.41, 5.74) is 2.29. The number of nitrogens with zero attached hydrogens (tertiary/aromatic N) is 1. The van der Waals surface area contributed by atoms with Gasteiger partial charge in [-0.25, -0.2) is 0 Å². The van der Waals surface area contributed by atoms with Crippen LogP contribution in [-0.4, -0.2) is 24.7 Å². The molecule has 2 aromatic rings. The number of ether oxygens (including phenoxy) is 1. The zero-order valence-electron chi connectivity index (χ0n) is 13.7. The van der Waals surface area contributed by atoms with Crippen LogP contribution in [0, 0.1) is 5.41 Å². The Labute approximate surface area is 127 Å². The van der Waals surface area contributed by atoms with Crippen LogP contribution >= 0.6 is 0 Å². The molecule has 3 heteroatoms. The van der Waals surface area contributed by atoms with Crippen LogP contribution < -0.4 is 5.32 Å². The van der Waals surface area contributed by atoms with Crippen molar-refractivity contribution in [1.29, 1.82) is 0 Å². The first-order chi connectivity index (χ1) is 9.99. The fourth-order valence-corrected chi connectivity index (χ4v) is 2.87. The van der Waals surface area contributed by atoms with Gasteiger partial charge in [-0.3, -0.25) is 4.98 Å².